The molecule has 0 saturated heterocycles. The Hall–Kier alpha value is -1.87. The minimum absolute atomic E-state index is 0.103. The van der Waals surface area contributed by atoms with Crippen LogP contribution in [0.15, 0.2) is 30.3 Å². The number of carbonyl (C=O) groups excluding carboxylic acids is 2. The van der Waals surface area contributed by atoms with Crippen molar-refractivity contribution < 1.29 is 14.3 Å². The van der Waals surface area contributed by atoms with E-state index in [1.54, 1.807) is 25.1 Å². The first-order valence-corrected chi connectivity index (χ1v) is 6.35. The molecular formula is C15H13ClO3. The fourth-order valence-electron chi connectivity index (χ4n) is 1.98. The molecule has 0 aliphatic rings. The van der Waals surface area contributed by atoms with E-state index < -0.39 is 0 Å². The number of esters is 1. The molecule has 0 N–H and O–H groups in total. The summed E-state index contributed by atoms with van der Waals surface area (Å²) in [6.07, 6.45) is 0.876. The van der Waals surface area contributed by atoms with Gasteiger partial charge in [0.25, 0.3) is 0 Å². The van der Waals surface area contributed by atoms with Gasteiger partial charge in [-0.15, -0.1) is 0 Å². The highest BCUT2D eigenvalue weighted by Gasteiger charge is 2.12. The molecule has 0 saturated carbocycles. The van der Waals surface area contributed by atoms with Gasteiger partial charge in [-0.05, 0) is 35.4 Å². The molecule has 4 heteroatoms. The van der Waals surface area contributed by atoms with E-state index in [2.05, 4.69) is 0 Å². The molecule has 3 nitrogen and oxygen atoms in total. The van der Waals surface area contributed by atoms with Crippen molar-refractivity contribution in [2.75, 3.05) is 6.61 Å². The summed E-state index contributed by atoms with van der Waals surface area (Å²) in [5, 5.41) is 2.25. The van der Waals surface area contributed by atoms with Crippen LogP contribution in [0.4, 0.5) is 0 Å². The van der Waals surface area contributed by atoms with Crippen molar-refractivity contribution in [3.05, 3.63) is 46.5 Å². The average molecular weight is 277 g/mol. The molecule has 98 valence electrons. The molecular weight excluding hydrogens is 264 g/mol. The number of hydrogen-bond acceptors (Lipinski definition) is 3. The molecule has 0 fully saturated rings. The second-order valence-corrected chi connectivity index (χ2v) is 4.51. The number of rotatable bonds is 4. The van der Waals surface area contributed by atoms with Gasteiger partial charge in [0.05, 0.1) is 13.0 Å². The number of benzene rings is 2. The Morgan fingerprint density at radius 1 is 1.32 bits per heavy atom. The zero-order valence-electron chi connectivity index (χ0n) is 10.5. The monoisotopic (exact) mass is 276 g/mol. The molecule has 0 heterocycles. The lowest BCUT2D eigenvalue weighted by Crippen LogP contribution is -2.08. The van der Waals surface area contributed by atoms with E-state index in [0.717, 1.165) is 17.1 Å². The smallest absolute Gasteiger partial charge is 0.310 e. The fraction of sp³-hybridized carbons (Fsp3) is 0.200. The Bertz CT molecular complexity index is 635. The van der Waals surface area contributed by atoms with E-state index in [-0.39, 0.29) is 12.4 Å². The number of hydrogen-bond donors (Lipinski definition) is 0. The van der Waals surface area contributed by atoms with Gasteiger partial charge in [0, 0.05) is 10.6 Å². The molecule has 2 rings (SSSR count). The van der Waals surface area contributed by atoms with Gasteiger partial charge in [-0.1, -0.05) is 29.8 Å². The van der Waals surface area contributed by atoms with Gasteiger partial charge in [0.15, 0.2) is 0 Å². The first kappa shape index (κ1) is 13.6. The van der Waals surface area contributed by atoms with Gasteiger partial charge < -0.3 is 4.74 Å². The highest BCUT2D eigenvalue weighted by molar-refractivity contribution is 6.32. The highest BCUT2D eigenvalue weighted by atomic mass is 35.5. The molecule has 0 unspecified atom stereocenters. The Morgan fingerprint density at radius 3 is 2.74 bits per heavy atom. The molecule has 19 heavy (non-hydrogen) atoms. The quantitative estimate of drug-likeness (QED) is 0.635. The van der Waals surface area contributed by atoms with Crippen molar-refractivity contribution in [2.24, 2.45) is 0 Å². The van der Waals surface area contributed by atoms with E-state index in [0.29, 0.717) is 22.8 Å². The number of carbonyl (C=O) groups is 2. The van der Waals surface area contributed by atoms with Gasteiger partial charge in [-0.25, -0.2) is 0 Å². The number of halogens is 1. The summed E-state index contributed by atoms with van der Waals surface area (Å²) in [6, 6.07) is 8.92. The van der Waals surface area contributed by atoms with Crippen LogP contribution in [-0.2, 0) is 16.0 Å². The number of ether oxygens (including phenoxy) is 1. The zero-order chi connectivity index (χ0) is 13.8. The van der Waals surface area contributed by atoms with Gasteiger partial charge in [-0.2, -0.15) is 0 Å². The van der Waals surface area contributed by atoms with Crippen LogP contribution in [0.25, 0.3) is 10.8 Å². The van der Waals surface area contributed by atoms with Gasteiger partial charge in [0.2, 0.25) is 0 Å². The van der Waals surface area contributed by atoms with Gasteiger partial charge in [0.1, 0.15) is 6.29 Å². The van der Waals surface area contributed by atoms with Crippen LogP contribution in [0.2, 0.25) is 5.02 Å². The molecule has 0 bridgehead atoms. The molecule has 0 amide bonds. The second kappa shape index (κ2) is 5.85. The summed E-state index contributed by atoms with van der Waals surface area (Å²) in [7, 11) is 0. The summed E-state index contributed by atoms with van der Waals surface area (Å²) in [5.74, 6) is -0.326. The Morgan fingerprint density at radius 2 is 2.05 bits per heavy atom. The van der Waals surface area contributed by atoms with Crippen molar-refractivity contribution in [3.8, 4) is 0 Å². The lowest BCUT2D eigenvalue weighted by atomic mass is 10.00. The minimum Gasteiger partial charge on any atom is -0.466 e. The zero-order valence-corrected chi connectivity index (χ0v) is 11.2. The number of aldehydes is 1. The Labute approximate surface area is 116 Å². The van der Waals surface area contributed by atoms with Crippen LogP contribution in [0.3, 0.4) is 0 Å². The normalized spacial score (nSPS) is 10.4. The highest BCUT2D eigenvalue weighted by Crippen LogP contribution is 2.27. The van der Waals surface area contributed by atoms with Gasteiger partial charge >= 0.3 is 5.97 Å². The maximum absolute atomic E-state index is 11.6. The predicted octanol–water partition coefficient (Wildman–Crippen LogP) is 3.41. The van der Waals surface area contributed by atoms with E-state index in [9.17, 15) is 9.59 Å². The molecule has 2 aromatic rings. The summed E-state index contributed by atoms with van der Waals surface area (Å²) < 4.78 is 4.94. The third-order valence-electron chi connectivity index (χ3n) is 2.86. The molecule has 0 spiro atoms. The van der Waals surface area contributed by atoms with E-state index >= 15 is 0 Å². The molecule has 0 atom stereocenters. The lowest BCUT2D eigenvalue weighted by Gasteiger charge is -2.09. The lowest BCUT2D eigenvalue weighted by molar-refractivity contribution is -0.142. The number of fused-ring (bicyclic) bond motifs is 1. The van der Waals surface area contributed by atoms with Crippen LogP contribution in [-0.4, -0.2) is 18.9 Å². The van der Waals surface area contributed by atoms with E-state index in [4.69, 9.17) is 16.3 Å². The second-order valence-electron chi connectivity index (χ2n) is 4.11. The maximum atomic E-state index is 11.6. The summed E-state index contributed by atoms with van der Waals surface area (Å²) in [6.45, 7) is 2.09. The SMILES string of the molecule is CCOC(=O)Cc1c(Cl)ccc2ccc(C=O)cc12. The summed E-state index contributed by atoms with van der Waals surface area (Å²) in [5.41, 5.74) is 1.25. The van der Waals surface area contributed by atoms with Crippen molar-refractivity contribution in [1.29, 1.82) is 0 Å². The molecule has 0 aliphatic carbocycles. The van der Waals surface area contributed by atoms with Crippen molar-refractivity contribution in [3.63, 3.8) is 0 Å². The first-order valence-electron chi connectivity index (χ1n) is 5.97. The van der Waals surface area contributed by atoms with Gasteiger partial charge in [-0.3, -0.25) is 9.59 Å². The molecule has 0 radical (unpaired) electrons. The summed E-state index contributed by atoms with van der Waals surface area (Å²) in [4.78, 5) is 22.5. The molecule has 0 aliphatic heterocycles. The molecule has 2 aromatic carbocycles. The van der Waals surface area contributed by atoms with Crippen LogP contribution < -0.4 is 0 Å². The third kappa shape index (κ3) is 2.93. The minimum atomic E-state index is -0.326. The van der Waals surface area contributed by atoms with Crippen LogP contribution in [0.5, 0.6) is 0 Å². The van der Waals surface area contributed by atoms with Crippen molar-refractivity contribution in [1.82, 2.24) is 0 Å². The maximum Gasteiger partial charge on any atom is 0.310 e. The standard InChI is InChI=1S/C15H13ClO3/c1-2-19-15(18)8-13-12-7-10(9-17)3-4-11(12)5-6-14(13)16/h3-7,9H,2,8H2,1H3. The molecule has 0 aromatic heterocycles. The largest absolute Gasteiger partial charge is 0.466 e. The Balaban J connectivity index is 2.53. The van der Waals surface area contributed by atoms with E-state index in [1.165, 1.54) is 0 Å². The first-order chi connectivity index (χ1) is 9.15. The predicted molar refractivity (Wildman–Crippen MR) is 74.7 cm³/mol. The fourth-order valence-corrected chi connectivity index (χ4v) is 2.21. The topological polar surface area (TPSA) is 43.4 Å². The van der Waals surface area contributed by atoms with Crippen LogP contribution >= 0.6 is 11.6 Å². The summed E-state index contributed by atoms with van der Waals surface area (Å²) >= 11 is 6.15. The average Bonchev–Trinajstić information content (AvgIpc) is 2.42. The van der Waals surface area contributed by atoms with Crippen LogP contribution in [0.1, 0.15) is 22.8 Å². The Kier molecular flexibility index (Phi) is 4.17. The van der Waals surface area contributed by atoms with E-state index in [1.807, 2.05) is 12.1 Å². The van der Waals surface area contributed by atoms with Crippen molar-refractivity contribution in [2.45, 2.75) is 13.3 Å². The van der Waals surface area contributed by atoms with Crippen molar-refractivity contribution >= 4 is 34.6 Å². The van der Waals surface area contributed by atoms with Crippen LogP contribution in [0, 0.1) is 0 Å². The third-order valence-corrected chi connectivity index (χ3v) is 3.22.